The van der Waals surface area contributed by atoms with Gasteiger partial charge in [0.15, 0.2) is 6.29 Å². The first-order valence-corrected chi connectivity index (χ1v) is 6.90. The van der Waals surface area contributed by atoms with E-state index >= 15 is 0 Å². The van der Waals surface area contributed by atoms with Gasteiger partial charge in [-0.15, -0.1) is 0 Å². The molecule has 2 aromatic heterocycles. The number of halogens is 1. The number of aromatic nitrogens is 2. The Labute approximate surface area is 132 Å². The Morgan fingerprint density at radius 1 is 1.18 bits per heavy atom. The lowest BCUT2D eigenvalue weighted by Crippen LogP contribution is -1.97. The minimum atomic E-state index is 0.380. The van der Waals surface area contributed by atoms with Gasteiger partial charge in [-0.05, 0) is 18.2 Å². The van der Waals surface area contributed by atoms with Crippen molar-refractivity contribution in [3.8, 4) is 22.8 Å². The number of nitrogens with zero attached hydrogens (tertiary/aromatic N) is 2. The molecule has 1 aromatic carbocycles. The minimum absolute atomic E-state index is 0.380. The maximum Gasteiger partial charge on any atom is 0.157 e. The van der Waals surface area contributed by atoms with Gasteiger partial charge in [0.2, 0.25) is 0 Å². The molecule has 3 aromatic rings. The molecule has 0 atom stereocenters. The third-order valence-corrected chi connectivity index (χ3v) is 3.67. The molecule has 6 heteroatoms. The normalized spacial score (nSPS) is 10.7. The molecule has 3 rings (SSSR count). The fraction of sp³-hybridized carbons (Fsp3) is 0.125. The Balaban J connectivity index is 2.24. The summed E-state index contributed by atoms with van der Waals surface area (Å²) in [5.74, 6) is 0.904. The molecule has 0 bridgehead atoms. The summed E-state index contributed by atoms with van der Waals surface area (Å²) in [4.78, 5) is 15.6. The number of hydrogen-bond acceptors (Lipinski definition) is 4. The summed E-state index contributed by atoms with van der Waals surface area (Å²) in [5, 5.41) is 0.621. The molecule has 0 amide bonds. The number of pyridine rings is 1. The number of hydrogen-bond donors (Lipinski definition) is 0. The van der Waals surface area contributed by atoms with E-state index in [4.69, 9.17) is 21.1 Å². The number of ether oxygens (including phenoxy) is 2. The lowest BCUT2D eigenvalue weighted by atomic mass is 10.1. The summed E-state index contributed by atoms with van der Waals surface area (Å²) in [5.41, 5.74) is 2.79. The van der Waals surface area contributed by atoms with Gasteiger partial charge in [-0.25, -0.2) is 4.98 Å². The average Bonchev–Trinajstić information content (AvgIpc) is 2.96. The number of carbonyl (C=O) groups excluding carboxylic acids is 1. The Bertz CT molecular complexity index is 833. The first-order valence-electron chi connectivity index (χ1n) is 6.52. The van der Waals surface area contributed by atoms with Gasteiger partial charge in [0.1, 0.15) is 17.1 Å². The van der Waals surface area contributed by atoms with E-state index in [2.05, 4.69) is 4.98 Å². The SMILES string of the molecule is COc1cc(-c2cnc3cc(Cl)ccn23)cc(OC)c1C=O. The third kappa shape index (κ3) is 2.29. The van der Waals surface area contributed by atoms with Crippen molar-refractivity contribution in [2.75, 3.05) is 14.2 Å². The molecule has 22 heavy (non-hydrogen) atoms. The van der Waals surface area contributed by atoms with E-state index < -0.39 is 0 Å². The standard InChI is InChI=1S/C16H13ClN2O3/c1-21-14-5-10(6-15(22-2)12(14)9-20)13-8-18-16-7-11(17)3-4-19(13)16/h3-9H,1-2H3. The van der Waals surface area contributed by atoms with Gasteiger partial charge in [0.25, 0.3) is 0 Å². The summed E-state index contributed by atoms with van der Waals surface area (Å²) in [6, 6.07) is 7.13. The topological polar surface area (TPSA) is 52.8 Å². The highest BCUT2D eigenvalue weighted by Gasteiger charge is 2.15. The van der Waals surface area contributed by atoms with Crippen LogP contribution in [0.15, 0.2) is 36.7 Å². The second-order valence-electron chi connectivity index (χ2n) is 4.63. The van der Waals surface area contributed by atoms with Crippen LogP contribution in [0, 0.1) is 0 Å². The van der Waals surface area contributed by atoms with Gasteiger partial charge < -0.3 is 9.47 Å². The van der Waals surface area contributed by atoms with Crippen LogP contribution in [0.25, 0.3) is 16.9 Å². The van der Waals surface area contributed by atoms with E-state index in [-0.39, 0.29) is 0 Å². The van der Waals surface area contributed by atoms with Gasteiger partial charge in [-0.2, -0.15) is 0 Å². The zero-order chi connectivity index (χ0) is 15.7. The lowest BCUT2D eigenvalue weighted by molar-refractivity contribution is 0.111. The van der Waals surface area contributed by atoms with Crippen LogP contribution in [0.4, 0.5) is 0 Å². The predicted molar refractivity (Wildman–Crippen MR) is 84.1 cm³/mol. The maximum absolute atomic E-state index is 11.2. The first-order chi connectivity index (χ1) is 10.7. The Morgan fingerprint density at radius 2 is 1.86 bits per heavy atom. The predicted octanol–water partition coefficient (Wildman–Crippen LogP) is 3.48. The van der Waals surface area contributed by atoms with Gasteiger partial charge in [-0.1, -0.05) is 11.6 Å². The Morgan fingerprint density at radius 3 is 2.45 bits per heavy atom. The Hall–Kier alpha value is -2.53. The average molecular weight is 317 g/mol. The van der Waals surface area contributed by atoms with Crippen LogP contribution >= 0.6 is 11.6 Å². The quantitative estimate of drug-likeness (QED) is 0.691. The van der Waals surface area contributed by atoms with Gasteiger partial charge in [-0.3, -0.25) is 9.20 Å². The van der Waals surface area contributed by atoms with Crippen LogP contribution < -0.4 is 9.47 Å². The van der Waals surface area contributed by atoms with Crippen molar-refractivity contribution in [1.29, 1.82) is 0 Å². The number of rotatable bonds is 4. The summed E-state index contributed by atoms with van der Waals surface area (Å²) in [6.45, 7) is 0. The van der Waals surface area contributed by atoms with Crippen molar-refractivity contribution in [2.24, 2.45) is 0 Å². The largest absolute Gasteiger partial charge is 0.496 e. The van der Waals surface area contributed by atoms with Crippen molar-refractivity contribution in [1.82, 2.24) is 9.38 Å². The molecule has 0 fully saturated rings. The lowest BCUT2D eigenvalue weighted by Gasteiger charge is -2.11. The van der Waals surface area contributed by atoms with Gasteiger partial charge in [0, 0.05) is 22.8 Å². The molecular weight excluding hydrogens is 304 g/mol. The molecule has 0 radical (unpaired) electrons. The van der Waals surface area contributed by atoms with Gasteiger partial charge >= 0.3 is 0 Å². The van der Waals surface area contributed by atoms with E-state index in [0.717, 1.165) is 23.2 Å². The Kier molecular flexibility index (Phi) is 3.73. The molecular formula is C16H13ClN2O3. The monoisotopic (exact) mass is 316 g/mol. The minimum Gasteiger partial charge on any atom is -0.496 e. The van der Waals surface area contributed by atoms with E-state index in [1.54, 1.807) is 30.5 Å². The van der Waals surface area contributed by atoms with Gasteiger partial charge in [0.05, 0.1) is 31.7 Å². The fourth-order valence-electron chi connectivity index (χ4n) is 2.37. The molecule has 0 spiro atoms. The van der Waals surface area contributed by atoms with E-state index in [1.807, 2.05) is 10.6 Å². The maximum atomic E-state index is 11.2. The van der Waals surface area contributed by atoms with E-state index in [1.165, 1.54) is 14.2 Å². The van der Waals surface area contributed by atoms with E-state index in [9.17, 15) is 4.79 Å². The number of aldehydes is 1. The molecule has 112 valence electrons. The number of imidazole rings is 1. The van der Waals surface area contributed by atoms with Crippen LogP contribution in [0.3, 0.4) is 0 Å². The number of methoxy groups -OCH3 is 2. The molecule has 0 saturated heterocycles. The summed E-state index contributed by atoms with van der Waals surface area (Å²) < 4.78 is 12.5. The van der Waals surface area contributed by atoms with Crippen LogP contribution in [0.1, 0.15) is 10.4 Å². The summed E-state index contributed by atoms with van der Waals surface area (Å²) in [6.07, 6.45) is 4.29. The molecule has 5 nitrogen and oxygen atoms in total. The number of fused-ring (bicyclic) bond motifs is 1. The highest BCUT2D eigenvalue weighted by atomic mass is 35.5. The zero-order valence-corrected chi connectivity index (χ0v) is 12.8. The molecule has 2 heterocycles. The molecule has 0 unspecified atom stereocenters. The van der Waals surface area contributed by atoms with Crippen molar-refractivity contribution >= 4 is 23.5 Å². The van der Waals surface area contributed by atoms with Crippen LogP contribution in [0.2, 0.25) is 5.02 Å². The van der Waals surface area contributed by atoms with Crippen LogP contribution in [-0.4, -0.2) is 29.9 Å². The van der Waals surface area contributed by atoms with Crippen molar-refractivity contribution in [3.63, 3.8) is 0 Å². The smallest absolute Gasteiger partial charge is 0.157 e. The molecule has 0 aliphatic rings. The summed E-state index contributed by atoms with van der Waals surface area (Å²) in [7, 11) is 3.03. The second kappa shape index (κ2) is 5.69. The zero-order valence-electron chi connectivity index (χ0n) is 12.0. The van der Waals surface area contributed by atoms with Crippen molar-refractivity contribution in [3.05, 3.63) is 47.2 Å². The third-order valence-electron chi connectivity index (χ3n) is 3.43. The second-order valence-corrected chi connectivity index (χ2v) is 5.07. The summed E-state index contributed by atoms with van der Waals surface area (Å²) >= 11 is 5.98. The highest BCUT2D eigenvalue weighted by molar-refractivity contribution is 6.30. The molecule has 0 aliphatic heterocycles. The number of carbonyl (C=O) groups is 1. The van der Waals surface area contributed by atoms with Crippen molar-refractivity contribution in [2.45, 2.75) is 0 Å². The van der Waals surface area contributed by atoms with Crippen LogP contribution in [0.5, 0.6) is 11.5 Å². The number of benzene rings is 1. The highest BCUT2D eigenvalue weighted by Crippen LogP contribution is 2.34. The fourth-order valence-corrected chi connectivity index (χ4v) is 2.53. The van der Waals surface area contributed by atoms with Crippen LogP contribution in [-0.2, 0) is 0 Å². The molecule has 0 N–H and O–H groups in total. The molecule has 0 saturated carbocycles. The van der Waals surface area contributed by atoms with E-state index in [0.29, 0.717) is 22.1 Å². The first kappa shape index (κ1) is 14.4. The molecule has 0 aliphatic carbocycles. The van der Waals surface area contributed by atoms with Crippen molar-refractivity contribution < 1.29 is 14.3 Å².